The Kier molecular flexibility index (Phi) is 41.8. The van der Waals surface area contributed by atoms with Crippen LogP contribution >= 0.6 is 0 Å². The highest BCUT2D eigenvalue weighted by molar-refractivity contribution is 5.76. The van der Waals surface area contributed by atoms with E-state index in [4.69, 9.17) is 9.47 Å². The average molecular weight is 930 g/mol. The van der Waals surface area contributed by atoms with E-state index in [9.17, 15) is 30.3 Å². The molecule has 7 atom stereocenters. The second-order valence-corrected chi connectivity index (χ2v) is 16.9. The topological polar surface area (TPSA) is 149 Å². The summed E-state index contributed by atoms with van der Waals surface area (Å²) in [5.41, 5.74) is 0. The quantitative estimate of drug-likeness (QED) is 0.0263. The summed E-state index contributed by atoms with van der Waals surface area (Å²) in [6, 6.07) is -0.870. The van der Waals surface area contributed by atoms with Crippen LogP contribution in [0.25, 0.3) is 0 Å². The zero-order valence-electron chi connectivity index (χ0n) is 41.3. The van der Waals surface area contributed by atoms with Gasteiger partial charge in [-0.05, 0) is 109 Å². The van der Waals surface area contributed by atoms with Crippen molar-refractivity contribution in [2.45, 2.75) is 198 Å². The number of amides is 1. The molecule has 0 aliphatic carbocycles. The Morgan fingerprint density at radius 2 is 0.940 bits per heavy atom. The summed E-state index contributed by atoms with van der Waals surface area (Å²) in [6.07, 6.45) is 64.7. The fourth-order valence-corrected chi connectivity index (χ4v) is 6.83. The van der Waals surface area contributed by atoms with E-state index in [2.05, 4.69) is 153 Å². The van der Waals surface area contributed by atoms with Crippen molar-refractivity contribution in [2.75, 3.05) is 13.2 Å². The molecule has 9 heteroatoms. The summed E-state index contributed by atoms with van der Waals surface area (Å²) in [6.45, 7) is 3.56. The second kappa shape index (κ2) is 45.8. The van der Waals surface area contributed by atoms with Crippen LogP contribution in [0.5, 0.6) is 0 Å². The number of allylic oxidation sites excluding steroid dienone is 23. The van der Waals surface area contributed by atoms with Crippen LogP contribution in [0.15, 0.2) is 146 Å². The number of rotatable bonds is 40. The van der Waals surface area contributed by atoms with Gasteiger partial charge >= 0.3 is 0 Å². The third-order valence-corrected chi connectivity index (χ3v) is 10.9. The molecule has 376 valence electrons. The molecule has 1 aliphatic rings. The Labute approximate surface area is 406 Å². The molecule has 0 aromatic heterocycles. The first-order valence-corrected chi connectivity index (χ1v) is 25.6. The molecule has 1 aliphatic heterocycles. The lowest BCUT2D eigenvalue weighted by Crippen LogP contribution is -2.60. The monoisotopic (exact) mass is 930 g/mol. The van der Waals surface area contributed by atoms with E-state index in [-0.39, 0.29) is 18.9 Å². The predicted molar refractivity (Wildman–Crippen MR) is 280 cm³/mol. The van der Waals surface area contributed by atoms with Crippen LogP contribution in [0, 0.1) is 0 Å². The van der Waals surface area contributed by atoms with Crippen molar-refractivity contribution in [3.8, 4) is 0 Å². The smallest absolute Gasteiger partial charge is 0.220 e. The summed E-state index contributed by atoms with van der Waals surface area (Å²) in [5, 5.41) is 54.2. The van der Waals surface area contributed by atoms with Crippen molar-refractivity contribution < 1.29 is 39.8 Å². The highest BCUT2D eigenvalue weighted by Gasteiger charge is 2.44. The van der Waals surface area contributed by atoms with Gasteiger partial charge in [-0.25, -0.2) is 0 Å². The lowest BCUT2D eigenvalue weighted by atomic mass is 9.99. The largest absolute Gasteiger partial charge is 0.394 e. The molecule has 1 fully saturated rings. The number of carbonyl (C=O) groups excluding carboxylic acids is 1. The van der Waals surface area contributed by atoms with E-state index < -0.39 is 49.5 Å². The van der Waals surface area contributed by atoms with Crippen molar-refractivity contribution in [1.82, 2.24) is 5.32 Å². The molecule has 1 saturated heterocycles. The molecule has 6 N–H and O–H groups in total. The Morgan fingerprint density at radius 1 is 0.522 bits per heavy atom. The van der Waals surface area contributed by atoms with Gasteiger partial charge in [-0.15, -0.1) is 0 Å². The molecule has 0 bridgehead atoms. The lowest BCUT2D eigenvalue weighted by Gasteiger charge is -2.40. The van der Waals surface area contributed by atoms with E-state index in [1.807, 2.05) is 6.08 Å². The number of aliphatic hydroxyl groups is 5. The molecule has 7 unspecified atom stereocenters. The van der Waals surface area contributed by atoms with Crippen LogP contribution in [0.4, 0.5) is 0 Å². The van der Waals surface area contributed by atoms with E-state index in [0.29, 0.717) is 12.8 Å². The fraction of sp³-hybridized carbons (Fsp3) is 0.569. The Balaban J connectivity index is 2.37. The normalized spacial score (nSPS) is 21.0. The lowest BCUT2D eigenvalue weighted by molar-refractivity contribution is -0.302. The van der Waals surface area contributed by atoms with E-state index in [1.54, 1.807) is 6.08 Å². The van der Waals surface area contributed by atoms with Gasteiger partial charge in [0, 0.05) is 6.42 Å². The molecule has 0 spiro atoms. The van der Waals surface area contributed by atoms with E-state index >= 15 is 0 Å². The van der Waals surface area contributed by atoms with Gasteiger partial charge in [0.15, 0.2) is 6.29 Å². The molecule has 0 radical (unpaired) electrons. The van der Waals surface area contributed by atoms with Crippen LogP contribution in [0.3, 0.4) is 0 Å². The summed E-state index contributed by atoms with van der Waals surface area (Å²) in [4.78, 5) is 13.0. The molecular formula is C58H91NO8. The zero-order chi connectivity index (χ0) is 48.7. The van der Waals surface area contributed by atoms with Crippen LogP contribution in [0.2, 0.25) is 0 Å². The Bertz CT molecular complexity index is 1550. The van der Waals surface area contributed by atoms with Gasteiger partial charge in [0.1, 0.15) is 24.4 Å². The SMILES string of the molecule is CC/C=C\C/C=C\C/C=C\C/C=C\C/C=C\C/C=C\C/C=C\C/C=C\C/C=C\CCCC(=O)NC(COC1OC(CO)C(O)C(O)C1O)C(O)/C=C/CC/C=C/CC/C=C/CCCCCCC. The number of carbonyl (C=O) groups is 1. The minimum Gasteiger partial charge on any atom is -0.394 e. The third-order valence-electron chi connectivity index (χ3n) is 10.9. The maximum absolute atomic E-state index is 13.0. The second-order valence-electron chi connectivity index (χ2n) is 16.9. The van der Waals surface area contributed by atoms with Crippen molar-refractivity contribution in [3.63, 3.8) is 0 Å². The first-order valence-electron chi connectivity index (χ1n) is 25.6. The fourth-order valence-electron chi connectivity index (χ4n) is 6.83. The standard InChI is InChI=1S/C58H91NO8/c1-3-5-7-9-11-13-15-17-19-20-21-22-23-24-25-26-27-28-29-30-31-32-34-36-38-40-42-44-46-48-54(62)59-51(50-66-58-57(65)56(64)55(63)53(49-60)67-58)52(61)47-45-43-41-39-37-35-33-18-16-14-12-10-8-6-4-2/h5,7,11,13,16-19,21-22,24-25,27-28,30-31,34,36-37,39-40,42,45,47,51-53,55-58,60-61,63-65H,3-4,6,8-10,12,14-15,20,23,26,29,32-33,35,38,41,43-44,46,48-50H2,1-2H3,(H,59,62)/b7-5-,13-11-,18-16+,19-17-,22-21-,25-24-,28-27-,31-30-,36-34-,39-37+,42-40-,47-45+. The molecule has 0 aromatic carbocycles. The minimum absolute atomic E-state index is 0.240. The highest BCUT2D eigenvalue weighted by Crippen LogP contribution is 2.22. The summed E-state index contributed by atoms with van der Waals surface area (Å²) >= 11 is 0. The molecule has 1 amide bonds. The molecule has 0 saturated carbocycles. The van der Waals surface area contributed by atoms with Crippen LogP contribution in [0.1, 0.15) is 155 Å². The van der Waals surface area contributed by atoms with Gasteiger partial charge in [0.2, 0.25) is 5.91 Å². The zero-order valence-corrected chi connectivity index (χ0v) is 41.3. The van der Waals surface area contributed by atoms with Crippen LogP contribution < -0.4 is 5.32 Å². The number of nitrogens with one attached hydrogen (secondary N) is 1. The highest BCUT2D eigenvalue weighted by atomic mass is 16.7. The predicted octanol–water partition coefficient (Wildman–Crippen LogP) is 11.9. The van der Waals surface area contributed by atoms with Crippen molar-refractivity contribution in [1.29, 1.82) is 0 Å². The van der Waals surface area contributed by atoms with Gasteiger partial charge < -0.3 is 40.3 Å². The van der Waals surface area contributed by atoms with Crippen LogP contribution in [-0.2, 0) is 14.3 Å². The van der Waals surface area contributed by atoms with Crippen molar-refractivity contribution >= 4 is 5.91 Å². The van der Waals surface area contributed by atoms with Crippen molar-refractivity contribution in [2.24, 2.45) is 0 Å². The molecule has 67 heavy (non-hydrogen) atoms. The Morgan fingerprint density at radius 3 is 1.42 bits per heavy atom. The van der Waals surface area contributed by atoms with Gasteiger partial charge in [0.05, 0.1) is 25.4 Å². The average Bonchev–Trinajstić information content (AvgIpc) is 3.33. The molecule has 9 nitrogen and oxygen atoms in total. The summed E-state index contributed by atoms with van der Waals surface area (Å²) < 4.78 is 11.2. The van der Waals surface area contributed by atoms with Gasteiger partial charge in [-0.3, -0.25) is 4.79 Å². The first kappa shape index (κ1) is 61.1. The summed E-state index contributed by atoms with van der Waals surface area (Å²) in [5.74, 6) is -0.257. The molecule has 0 aromatic rings. The molecular weight excluding hydrogens is 839 g/mol. The number of unbranched alkanes of at least 4 members (excludes halogenated alkanes) is 8. The molecule has 1 rings (SSSR count). The number of aliphatic hydroxyl groups excluding tert-OH is 5. The number of hydrogen-bond donors (Lipinski definition) is 6. The van der Waals surface area contributed by atoms with E-state index in [0.717, 1.165) is 89.9 Å². The number of ether oxygens (including phenoxy) is 2. The first-order chi connectivity index (χ1) is 32.8. The third kappa shape index (κ3) is 35.8. The molecule has 1 heterocycles. The maximum atomic E-state index is 13.0. The maximum Gasteiger partial charge on any atom is 0.220 e. The van der Waals surface area contributed by atoms with Crippen LogP contribution in [-0.4, -0.2) is 87.5 Å². The Hall–Kier alpha value is -3.93. The summed E-state index contributed by atoms with van der Waals surface area (Å²) in [7, 11) is 0. The number of hydrogen-bond acceptors (Lipinski definition) is 8. The van der Waals surface area contributed by atoms with Gasteiger partial charge in [-0.1, -0.05) is 185 Å². The van der Waals surface area contributed by atoms with Gasteiger partial charge in [-0.2, -0.15) is 0 Å². The van der Waals surface area contributed by atoms with Crippen molar-refractivity contribution in [3.05, 3.63) is 146 Å². The van der Waals surface area contributed by atoms with Gasteiger partial charge in [0.25, 0.3) is 0 Å². The minimum atomic E-state index is -1.59. The van der Waals surface area contributed by atoms with E-state index in [1.165, 1.54) is 32.1 Å².